The van der Waals surface area contributed by atoms with Crippen LogP contribution in [0.25, 0.3) is 0 Å². The largest absolute Gasteiger partial charge is 0.485 e. The lowest BCUT2D eigenvalue weighted by Gasteiger charge is -2.22. The molecule has 3 heterocycles. The first kappa shape index (κ1) is 24.8. The van der Waals surface area contributed by atoms with Crippen molar-refractivity contribution in [3.63, 3.8) is 0 Å². The highest BCUT2D eigenvalue weighted by Gasteiger charge is 2.27. The quantitative estimate of drug-likeness (QED) is 0.505. The molecule has 4 rings (SSSR count). The van der Waals surface area contributed by atoms with Gasteiger partial charge in [0.25, 0.3) is 5.91 Å². The summed E-state index contributed by atoms with van der Waals surface area (Å²) in [5.74, 6) is 1.48. The number of thiophene rings is 1. The first-order valence-corrected chi connectivity index (χ1v) is 11.5. The van der Waals surface area contributed by atoms with Gasteiger partial charge >= 0.3 is 0 Å². The molecular weight excluding hydrogens is 456 g/mol. The van der Waals surface area contributed by atoms with E-state index in [1.807, 2.05) is 54.2 Å². The molecule has 1 aliphatic heterocycles. The predicted octanol–water partition coefficient (Wildman–Crippen LogP) is 3.05. The molecular formula is C23H30N6O2S2. The lowest BCUT2D eigenvalue weighted by Crippen LogP contribution is -2.33. The zero-order valence-corrected chi connectivity index (χ0v) is 20.6. The Balaban J connectivity index is 0.00000306. The van der Waals surface area contributed by atoms with E-state index in [0.29, 0.717) is 31.0 Å². The summed E-state index contributed by atoms with van der Waals surface area (Å²) in [5, 5.41) is 5.26. The number of hydrogen-bond acceptors (Lipinski definition) is 8. The second-order valence-corrected chi connectivity index (χ2v) is 8.75. The van der Waals surface area contributed by atoms with Crippen LogP contribution in [-0.2, 0) is 6.54 Å². The lowest BCUT2D eigenvalue weighted by molar-refractivity contribution is 0.0754. The summed E-state index contributed by atoms with van der Waals surface area (Å²) in [6.45, 7) is 2.65. The second-order valence-electron chi connectivity index (χ2n) is 7.77. The number of carbonyl (C=O) groups is 1. The van der Waals surface area contributed by atoms with Crippen LogP contribution in [0.15, 0.2) is 48.0 Å². The lowest BCUT2D eigenvalue weighted by atomic mass is 10.1. The number of nitrogens with two attached hydrogens (primary N) is 1. The number of likely N-dealkylation sites (N-methyl/N-ethyl adjacent to an activating group) is 1. The highest BCUT2D eigenvalue weighted by Crippen LogP contribution is 2.29. The third-order valence-corrected chi connectivity index (χ3v) is 6.43. The Kier molecular flexibility index (Phi) is 8.54. The molecule has 1 aliphatic rings. The number of carbonyl (C=O) groups excluding carboxylic acids is 1. The van der Waals surface area contributed by atoms with Gasteiger partial charge in [-0.15, -0.1) is 11.3 Å². The Labute approximate surface area is 205 Å². The summed E-state index contributed by atoms with van der Waals surface area (Å²) in [4.78, 5) is 26.3. The average Bonchev–Trinajstić information content (AvgIpc) is 3.31. The minimum absolute atomic E-state index is 0. The molecule has 3 aromatic rings. The number of aromatic nitrogens is 2. The molecule has 33 heavy (non-hydrogen) atoms. The molecule has 0 saturated carbocycles. The number of nitrogens with zero attached hydrogens (tertiary/aromatic N) is 4. The molecule has 0 spiro atoms. The SMILES string of the molecule is CNCC[C@H](Oc1ccc(CN2CCN(C)c3nc(N)ncc3C2=O)cc1)c1cccs1.S. The molecule has 8 nitrogen and oxygen atoms in total. The van der Waals surface area contributed by atoms with Crippen LogP contribution in [-0.4, -0.2) is 54.5 Å². The Hall–Kier alpha value is -2.82. The fourth-order valence-electron chi connectivity index (χ4n) is 3.69. The normalized spacial score (nSPS) is 14.3. The predicted molar refractivity (Wildman–Crippen MR) is 138 cm³/mol. The maximum Gasteiger partial charge on any atom is 0.259 e. The molecule has 0 saturated heterocycles. The molecule has 0 fully saturated rings. The Morgan fingerprint density at radius 1 is 1.24 bits per heavy atom. The van der Waals surface area contributed by atoms with Crippen LogP contribution < -0.4 is 20.7 Å². The van der Waals surface area contributed by atoms with Gasteiger partial charge in [0, 0.05) is 44.2 Å². The van der Waals surface area contributed by atoms with Crippen LogP contribution in [0.5, 0.6) is 5.75 Å². The molecule has 0 aliphatic carbocycles. The van der Waals surface area contributed by atoms with E-state index in [2.05, 4.69) is 26.7 Å². The van der Waals surface area contributed by atoms with Crippen LogP contribution in [0.2, 0.25) is 0 Å². The van der Waals surface area contributed by atoms with Crippen molar-refractivity contribution >= 4 is 42.5 Å². The molecule has 10 heteroatoms. The van der Waals surface area contributed by atoms with Crippen LogP contribution in [0.1, 0.15) is 33.3 Å². The molecule has 3 N–H and O–H groups in total. The molecule has 0 unspecified atom stereocenters. The number of anilines is 2. The zero-order chi connectivity index (χ0) is 22.5. The van der Waals surface area contributed by atoms with Crippen molar-refractivity contribution in [2.75, 3.05) is 44.4 Å². The number of rotatable bonds is 8. The number of nitrogen functional groups attached to an aromatic ring is 1. The van der Waals surface area contributed by atoms with E-state index in [1.165, 1.54) is 11.1 Å². The minimum atomic E-state index is -0.0884. The molecule has 176 valence electrons. The molecule has 0 radical (unpaired) electrons. The Bertz CT molecular complexity index is 1050. The van der Waals surface area contributed by atoms with E-state index in [0.717, 1.165) is 24.3 Å². The Morgan fingerprint density at radius 3 is 2.73 bits per heavy atom. The van der Waals surface area contributed by atoms with Gasteiger partial charge in [0.05, 0.1) is 0 Å². The standard InChI is InChI=1S/C23H28N6O2S.H2S/c1-25-10-9-19(20-4-3-13-32-20)31-17-7-5-16(6-8-17)15-29-12-11-28(2)21-18(22(29)30)14-26-23(24)27-21;/h3-8,13-14,19,25H,9-12,15H2,1-2H3,(H2,24,26,27);1H2/t19-;/m0./s1. The first-order valence-electron chi connectivity index (χ1n) is 10.6. The van der Waals surface area contributed by atoms with Crippen molar-refractivity contribution in [2.45, 2.75) is 19.1 Å². The summed E-state index contributed by atoms with van der Waals surface area (Å²) >= 11 is 1.71. The van der Waals surface area contributed by atoms with Crippen molar-refractivity contribution in [1.82, 2.24) is 20.2 Å². The smallest absolute Gasteiger partial charge is 0.259 e. The number of nitrogens with one attached hydrogen (secondary N) is 1. The first-order chi connectivity index (χ1) is 15.5. The van der Waals surface area contributed by atoms with Crippen LogP contribution in [0.3, 0.4) is 0 Å². The molecule has 2 aromatic heterocycles. The van der Waals surface area contributed by atoms with Crippen LogP contribution in [0.4, 0.5) is 11.8 Å². The van der Waals surface area contributed by atoms with Gasteiger partial charge in [-0.2, -0.15) is 18.5 Å². The Morgan fingerprint density at radius 2 is 2.03 bits per heavy atom. The van der Waals surface area contributed by atoms with Crippen molar-refractivity contribution in [3.05, 3.63) is 64.0 Å². The maximum absolute atomic E-state index is 13.1. The fraction of sp³-hybridized carbons (Fsp3) is 0.348. The van der Waals surface area contributed by atoms with Crippen molar-refractivity contribution in [1.29, 1.82) is 0 Å². The topological polar surface area (TPSA) is 96.6 Å². The van der Waals surface area contributed by atoms with E-state index < -0.39 is 0 Å². The van der Waals surface area contributed by atoms with Crippen molar-refractivity contribution < 1.29 is 9.53 Å². The van der Waals surface area contributed by atoms with Crippen LogP contribution >= 0.6 is 24.8 Å². The van der Waals surface area contributed by atoms with Crippen LogP contribution in [0, 0.1) is 0 Å². The van der Waals surface area contributed by atoms with E-state index in [1.54, 1.807) is 11.3 Å². The summed E-state index contributed by atoms with van der Waals surface area (Å²) in [6.07, 6.45) is 2.42. The van der Waals surface area contributed by atoms with E-state index >= 15 is 0 Å². The van der Waals surface area contributed by atoms with E-state index in [-0.39, 0.29) is 31.5 Å². The summed E-state index contributed by atoms with van der Waals surface area (Å²) in [6, 6.07) is 12.1. The molecule has 1 atom stereocenters. The summed E-state index contributed by atoms with van der Waals surface area (Å²) in [7, 11) is 3.86. The third-order valence-electron chi connectivity index (χ3n) is 5.46. The number of ether oxygens (including phenoxy) is 1. The van der Waals surface area contributed by atoms with Gasteiger partial charge in [0.2, 0.25) is 5.95 Å². The van der Waals surface area contributed by atoms with Crippen molar-refractivity contribution in [2.24, 2.45) is 0 Å². The van der Waals surface area contributed by atoms with Gasteiger partial charge in [-0.05, 0) is 42.7 Å². The van der Waals surface area contributed by atoms with Gasteiger partial charge < -0.3 is 25.6 Å². The minimum Gasteiger partial charge on any atom is -0.485 e. The van der Waals surface area contributed by atoms with E-state index in [9.17, 15) is 4.79 Å². The number of amides is 1. The van der Waals surface area contributed by atoms with Gasteiger partial charge in [0.1, 0.15) is 23.2 Å². The highest BCUT2D eigenvalue weighted by atomic mass is 32.1. The summed E-state index contributed by atoms with van der Waals surface area (Å²) in [5.41, 5.74) is 7.23. The van der Waals surface area contributed by atoms with Gasteiger partial charge in [-0.3, -0.25) is 4.79 Å². The third kappa shape index (κ3) is 5.95. The fourth-order valence-corrected chi connectivity index (χ4v) is 4.48. The molecule has 1 aromatic carbocycles. The summed E-state index contributed by atoms with van der Waals surface area (Å²) < 4.78 is 6.27. The monoisotopic (exact) mass is 486 g/mol. The number of benzene rings is 1. The zero-order valence-electron chi connectivity index (χ0n) is 18.8. The van der Waals surface area contributed by atoms with Gasteiger partial charge in [-0.1, -0.05) is 18.2 Å². The number of hydrogen-bond donors (Lipinski definition) is 2. The highest BCUT2D eigenvalue weighted by molar-refractivity contribution is 7.59. The average molecular weight is 487 g/mol. The second kappa shape index (κ2) is 11.4. The molecule has 0 bridgehead atoms. The molecule has 1 amide bonds. The van der Waals surface area contributed by atoms with E-state index in [4.69, 9.17) is 10.5 Å². The van der Waals surface area contributed by atoms with Crippen molar-refractivity contribution in [3.8, 4) is 5.75 Å². The van der Waals surface area contributed by atoms with Gasteiger partial charge in [-0.25, -0.2) is 4.98 Å². The maximum atomic E-state index is 13.1. The number of fused-ring (bicyclic) bond motifs is 1. The van der Waals surface area contributed by atoms with Gasteiger partial charge in [0.15, 0.2) is 0 Å².